The number of aryl methyl sites for hydroxylation is 1. The molecular weight excluding hydrogens is 235 g/mol. The lowest BCUT2D eigenvalue weighted by molar-refractivity contribution is 0.0343. The summed E-state index contributed by atoms with van der Waals surface area (Å²) in [5.41, 5.74) is 2.68. The van der Waals surface area contributed by atoms with E-state index in [1.54, 1.807) is 0 Å². The Hall–Kier alpha value is -0.795. The molecule has 0 saturated carbocycles. The first-order valence-electron chi connectivity index (χ1n) is 7.43. The lowest BCUT2D eigenvalue weighted by Crippen LogP contribution is -2.47. The fraction of sp³-hybridized carbons (Fsp3) is 0.625. The van der Waals surface area contributed by atoms with E-state index in [1.165, 1.54) is 31.2 Å². The molecule has 2 nitrogen and oxygen atoms in total. The second-order valence-electron chi connectivity index (χ2n) is 6.32. The Kier molecular flexibility index (Phi) is 5.06. The average Bonchev–Trinajstić information content (AvgIpc) is 2.40. The highest BCUT2D eigenvalue weighted by Crippen LogP contribution is 2.21. The van der Waals surface area contributed by atoms with Crippen molar-refractivity contribution in [1.82, 2.24) is 0 Å². The second-order valence-corrected chi connectivity index (χ2v) is 6.32. The van der Waals surface area contributed by atoms with Crippen LogP contribution in [0.3, 0.4) is 0 Å². The molecule has 1 saturated heterocycles. The third kappa shape index (κ3) is 4.36. The molecular formula is C16H25BO2. The molecule has 1 heterocycles. The molecule has 0 spiro atoms. The van der Waals surface area contributed by atoms with Crippen molar-refractivity contribution in [2.45, 2.75) is 46.5 Å². The van der Waals surface area contributed by atoms with E-state index >= 15 is 0 Å². The Balaban J connectivity index is 1.88. The largest absolute Gasteiger partial charge is 0.493 e. The monoisotopic (exact) mass is 260 g/mol. The molecule has 0 N–H and O–H groups in total. The highest BCUT2D eigenvalue weighted by molar-refractivity contribution is 6.61. The van der Waals surface area contributed by atoms with Gasteiger partial charge in [0.05, 0.1) is 0 Å². The third-order valence-corrected chi connectivity index (χ3v) is 3.57. The maximum absolute atomic E-state index is 5.80. The van der Waals surface area contributed by atoms with Gasteiger partial charge in [-0.2, -0.15) is 0 Å². The summed E-state index contributed by atoms with van der Waals surface area (Å²) in [7, 11) is -0.183. The van der Waals surface area contributed by atoms with Crippen LogP contribution in [0.2, 0.25) is 0 Å². The van der Waals surface area contributed by atoms with Crippen molar-refractivity contribution in [3.63, 3.8) is 0 Å². The summed E-state index contributed by atoms with van der Waals surface area (Å²) in [6.07, 6.45) is 5.04. The van der Waals surface area contributed by atoms with E-state index in [4.69, 9.17) is 9.31 Å². The van der Waals surface area contributed by atoms with E-state index in [1.807, 2.05) is 0 Å². The minimum Gasteiger partial charge on any atom is -0.407 e. The predicted molar refractivity (Wildman–Crippen MR) is 80.7 cm³/mol. The first kappa shape index (κ1) is 14.6. The van der Waals surface area contributed by atoms with Gasteiger partial charge in [0.1, 0.15) is 0 Å². The number of unbranched alkanes of at least 4 members (excludes halogenated alkanes) is 2. The molecule has 19 heavy (non-hydrogen) atoms. The molecule has 1 aliphatic heterocycles. The number of rotatable bonds is 5. The summed E-state index contributed by atoms with van der Waals surface area (Å²) in [4.78, 5) is 0. The number of hydrogen-bond donors (Lipinski definition) is 0. The van der Waals surface area contributed by atoms with Crippen molar-refractivity contribution < 1.29 is 9.31 Å². The molecule has 1 aromatic carbocycles. The molecule has 2 rings (SSSR count). The molecule has 0 unspecified atom stereocenters. The summed E-state index contributed by atoms with van der Waals surface area (Å²) in [5.74, 6) is 0. The van der Waals surface area contributed by atoms with E-state index in [0.29, 0.717) is 0 Å². The third-order valence-electron chi connectivity index (χ3n) is 3.57. The fourth-order valence-corrected chi connectivity index (χ4v) is 2.31. The van der Waals surface area contributed by atoms with Crippen LogP contribution in [-0.2, 0) is 15.7 Å². The minimum absolute atomic E-state index is 0.136. The van der Waals surface area contributed by atoms with Crippen molar-refractivity contribution >= 4 is 12.6 Å². The highest BCUT2D eigenvalue weighted by atomic mass is 16.6. The molecule has 0 radical (unpaired) electrons. The lowest BCUT2D eigenvalue weighted by Gasteiger charge is -2.33. The van der Waals surface area contributed by atoms with Crippen LogP contribution in [0.1, 0.15) is 45.6 Å². The number of benzene rings is 1. The zero-order chi connectivity index (χ0) is 13.7. The summed E-state index contributed by atoms with van der Waals surface area (Å²) < 4.78 is 11.6. The molecule has 0 amide bonds. The van der Waals surface area contributed by atoms with Crippen LogP contribution >= 0.6 is 0 Å². The predicted octanol–water partition coefficient (Wildman–Crippen LogP) is 3.19. The maximum Gasteiger partial charge on any atom is 0.493 e. The molecule has 0 bridgehead atoms. The van der Waals surface area contributed by atoms with Gasteiger partial charge in [-0.05, 0) is 23.9 Å². The molecule has 0 atom stereocenters. The van der Waals surface area contributed by atoms with Crippen LogP contribution in [0.5, 0.6) is 0 Å². The first-order chi connectivity index (χ1) is 9.11. The van der Waals surface area contributed by atoms with E-state index in [-0.39, 0.29) is 12.5 Å². The van der Waals surface area contributed by atoms with Gasteiger partial charge in [0, 0.05) is 18.6 Å². The highest BCUT2D eigenvalue weighted by Gasteiger charge is 2.33. The summed E-state index contributed by atoms with van der Waals surface area (Å²) in [6, 6.07) is 8.70. The SMILES string of the molecule is CCCCCc1ccc(B2OCC(C)(C)CO2)cc1. The molecule has 0 aliphatic carbocycles. The fourth-order valence-electron chi connectivity index (χ4n) is 2.31. The van der Waals surface area contributed by atoms with Gasteiger partial charge in [-0.15, -0.1) is 0 Å². The van der Waals surface area contributed by atoms with Crippen LogP contribution in [-0.4, -0.2) is 20.3 Å². The van der Waals surface area contributed by atoms with Crippen LogP contribution in [0.15, 0.2) is 24.3 Å². The van der Waals surface area contributed by atoms with Gasteiger partial charge >= 0.3 is 7.12 Å². The quantitative estimate of drug-likeness (QED) is 0.598. The van der Waals surface area contributed by atoms with Crippen molar-refractivity contribution in [3.05, 3.63) is 29.8 Å². The smallest absolute Gasteiger partial charge is 0.407 e. The van der Waals surface area contributed by atoms with Crippen LogP contribution in [0.4, 0.5) is 0 Å². The van der Waals surface area contributed by atoms with Crippen LogP contribution < -0.4 is 5.46 Å². The van der Waals surface area contributed by atoms with Crippen molar-refractivity contribution in [3.8, 4) is 0 Å². The molecule has 1 aromatic rings. The Bertz CT molecular complexity index is 376. The maximum atomic E-state index is 5.80. The summed E-state index contributed by atoms with van der Waals surface area (Å²) >= 11 is 0. The van der Waals surface area contributed by atoms with Gasteiger partial charge in [0.15, 0.2) is 0 Å². The zero-order valence-corrected chi connectivity index (χ0v) is 12.4. The van der Waals surface area contributed by atoms with Crippen molar-refractivity contribution in [2.24, 2.45) is 5.41 Å². The zero-order valence-electron chi connectivity index (χ0n) is 12.4. The van der Waals surface area contributed by atoms with Crippen LogP contribution in [0.25, 0.3) is 0 Å². The van der Waals surface area contributed by atoms with Gasteiger partial charge in [-0.3, -0.25) is 0 Å². The molecule has 3 heteroatoms. The van der Waals surface area contributed by atoms with Crippen LogP contribution in [0, 0.1) is 5.41 Å². The summed E-state index contributed by atoms with van der Waals surface area (Å²) in [6.45, 7) is 8.09. The van der Waals surface area contributed by atoms with Crippen molar-refractivity contribution in [1.29, 1.82) is 0 Å². The Morgan fingerprint density at radius 1 is 1.05 bits per heavy atom. The van der Waals surface area contributed by atoms with Gasteiger partial charge in [-0.25, -0.2) is 0 Å². The number of hydrogen-bond acceptors (Lipinski definition) is 2. The topological polar surface area (TPSA) is 18.5 Å². The Labute approximate surface area is 117 Å². The summed E-state index contributed by atoms with van der Waals surface area (Å²) in [5, 5.41) is 0. The van der Waals surface area contributed by atoms with Gasteiger partial charge < -0.3 is 9.31 Å². The van der Waals surface area contributed by atoms with E-state index in [0.717, 1.165) is 18.7 Å². The normalized spacial score (nSPS) is 18.6. The molecule has 104 valence electrons. The van der Waals surface area contributed by atoms with E-state index in [2.05, 4.69) is 45.0 Å². The standard InChI is InChI=1S/C16H25BO2/c1-4-5-6-7-14-8-10-15(11-9-14)17-18-12-16(2,3)13-19-17/h8-11H,4-7,12-13H2,1-3H3. The Morgan fingerprint density at radius 3 is 2.26 bits per heavy atom. The Morgan fingerprint density at radius 2 is 1.68 bits per heavy atom. The van der Waals surface area contributed by atoms with Crippen molar-refractivity contribution in [2.75, 3.05) is 13.2 Å². The second kappa shape index (κ2) is 6.58. The molecule has 0 aromatic heterocycles. The van der Waals surface area contributed by atoms with Gasteiger partial charge in [-0.1, -0.05) is 57.9 Å². The van der Waals surface area contributed by atoms with Gasteiger partial charge in [0.25, 0.3) is 0 Å². The van der Waals surface area contributed by atoms with Gasteiger partial charge in [0.2, 0.25) is 0 Å². The first-order valence-corrected chi connectivity index (χ1v) is 7.43. The molecule has 1 aliphatic rings. The average molecular weight is 260 g/mol. The van der Waals surface area contributed by atoms with E-state index < -0.39 is 0 Å². The minimum atomic E-state index is -0.183. The molecule has 1 fully saturated rings. The van der Waals surface area contributed by atoms with E-state index in [9.17, 15) is 0 Å². The lowest BCUT2D eigenvalue weighted by atomic mass is 9.75.